The normalized spacial score (nSPS) is 21.9. The molecule has 0 saturated carbocycles. The summed E-state index contributed by atoms with van der Waals surface area (Å²) in [5.74, 6) is 0.953. The van der Waals surface area contributed by atoms with Crippen LogP contribution < -0.4 is 0 Å². The van der Waals surface area contributed by atoms with Gasteiger partial charge in [-0.15, -0.1) is 0 Å². The van der Waals surface area contributed by atoms with Gasteiger partial charge in [0.1, 0.15) is 18.4 Å². The van der Waals surface area contributed by atoms with Crippen molar-refractivity contribution < 1.29 is 4.79 Å². The van der Waals surface area contributed by atoms with Crippen molar-refractivity contribution >= 4 is 6.29 Å². The van der Waals surface area contributed by atoms with Gasteiger partial charge >= 0.3 is 0 Å². The van der Waals surface area contributed by atoms with E-state index in [1.54, 1.807) is 6.33 Å². The van der Waals surface area contributed by atoms with Crippen molar-refractivity contribution in [1.29, 1.82) is 0 Å². The molecule has 2 rings (SSSR count). The number of aromatic nitrogens is 3. The van der Waals surface area contributed by atoms with Gasteiger partial charge in [-0.3, -0.25) is 4.90 Å². The average molecular weight is 236 g/mol. The molecule has 1 unspecified atom stereocenters. The van der Waals surface area contributed by atoms with Crippen molar-refractivity contribution in [2.45, 2.75) is 51.7 Å². The van der Waals surface area contributed by atoms with Crippen LogP contribution in [0.2, 0.25) is 0 Å². The lowest BCUT2D eigenvalue weighted by Crippen LogP contribution is -2.40. The molecule has 1 atom stereocenters. The van der Waals surface area contributed by atoms with Gasteiger partial charge in [-0.2, -0.15) is 5.10 Å². The van der Waals surface area contributed by atoms with Gasteiger partial charge in [0.2, 0.25) is 0 Å². The lowest BCUT2D eigenvalue weighted by molar-refractivity contribution is -0.113. The van der Waals surface area contributed by atoms with Crippen LogP contribution in [0, 0.1) is 0 Å². The first kappa shape index (κ1) is 12.2. The van der Waals surface area contributed by atoms with Gasteiger partial charge in [-0.05, 0) is 33.2 Å². The molecule has 0 spiro atoms. The minimum Gasteiger partial charge on any atom is -0.302 e. The van der Waals surface area contributed by atoms with Crippen molar-refractivity contribution in [1.82, 2.24) is 19.7 Å². The van der Waals surface area contributed by atoms with E-state index in [1.807, 2.05) is 4.68 Å². The van der Waals surface area contributed by atoms with Gasteiger partial charge in [0.15, 0.2) is 0 Å². The van der Waals surface area contributed by atoms with E-state index in [0.29, 0.717) is 6.04 Å². The highest BCUT2D eigenvalue weighted by Gasteiger charge is 2.23. The van der Waals surface area contributed by atoms with Crippen molar-refractivity contribution in [3.63, 3.8) is 0 Å². The summed E-state index contributed by atoms with van der Waals surface area (Å²) in [4.78, 5) is 17.5. The quantitative estimate of drug-likeness (QED) is 0.742. The second kappa shape index (κ2) is 5.40. The van der Waals surface area contributed by atoms with E-state index >= 15 is 0 Å². The molecule has 1 aliphatic rings. The Labute approximate surface area is 102 Å². The lowest BCUT2D eigenvalue weighted by Gasteiger charge is -2.31. The molecular weight excluding hydrogens is 216 g/mol. The third kappa shape index (κ3) is 2.72. The van der Waals surface area contributed by atoms with Crippen LogP contribution in [0.4, 0.5) is 0 Å². The fourth-order valence-electron chi connectivity index (χ4n) is 2.37. The standard InChI is InChI=1S/C12H20N4O/c1-10(2)16-12(13-9-14-16)7-15-6-4-3-5-11(15)8-17/h8-11H,3-7H2,1-2H3. The number of likely N-dealkylation sites (tertiary alicyclic amines) is 1. The van der Waals surface area contributed by atoms with E-state index in [2.05, 4.69) is 28.8 Å². The van der Waals surface area contributed by atoms with Crippen LogP contribution in [0.1, 0.15) is 45.0 Å². The Bertz CT molecular complexity index is 374. The first-order valence-corrected chi connectivity index (χ1v) is 6.30. The minimum atomic E-state index is 0.0565. The van der Waals surface area contributed by atoms with Crippen LogP contribution in [0.25, 0.3) is 0 Å². The Hall–Kier alpha value is -1.23. The van der Waals surface area contributed by atoms with E-state index in [-0.39, 0.29) is 6.04 Å². The molecule has 1 aliphatic heterocycles. The molecule has 0 amide bonds. The van der Waals surface area contributed by atoms with E-state index in [4.69, 9.17) is 0 Å². The molecule has 0 aromatic carbocycles. The highest BCUT2D eigenvalue weighted by atomic mass is 16.1. The maximum atomic E-state index is 11.0. The molecular formula is C12H20N4O. The molecule has 2 heterocycles. The molecule has 0 aliphatic carbocycles. The van der Waals surface area contributed by atoms with Crippen LogP contribution in [-0.4, -0.2) is 38.5 Å². The molecule has 5 nitrogen and oxygen atoms in total. The number of aldehydes is 1. The average Bonchev–Trinajstić information content (AvgIpc) is 2.78. The molecule has 94 valence electrons. The fourth-order valence-corrected chi connectivity index (χ4v) is 2.37. The fraction of sp³-hybridized carbons (Fsp3) is 0.750. The second-order valence-electron chi connectivity index (χ2n) is 4.88. The van der Waals surface area contributed by atoms with E-state index in [9.17, 15) is 4.79 Å². The summed E-state index contributed by atoms with van der Waals surface area (Å²) >= 11 is 0. The number of piperidine rings is 1. The molecule has 1 aromatic rings. The summed E-state index contributed by atoms with van der Waals surface area (Å²) in [6.45, 7) is 5.88. The van der Waals surface area contributed by atoms with Crippen LogP contribution in [-0.2, 0) is 11.3 Å². The molecule has 1 saturated heterocycles. The predicted octanol–water partition coefficient (Wildman–Crippen LogP) is 1.41. The van der Waals surface area contributed by atoms with Crippen LogP contribution in [0.5, 0.6) is 0 Å². The molecule has 0 bridgehead atoms. The SMILES string of the molecule is CC(C)n1ncnc1CN1CCCCC1C=O. The molecule has 1 fully saturated rings. The van der Waals surface area contributed by atoms with Crippen LogP contribution in [0.3, 0.4) is 0 Å². The zero-order valence-electron chi connectivity index (χ0n) is 10.5. The first-order chi connectivity index (χ1) is 8.22. The summed E-state index contributed by atoms with van der Waals surface area (Å²) in [6.07, 6.45) is 5.95. The van der Waals surface area contributed by atoms with Gasteiger partial charge in [0.25, 0.3) is 0 Å². The molecule has 0 N–H and O–H groups in total. The van der Waals surface area contributed by atoms with E-state index in [1.165, 1.54) is 6.42 Å². The summed E-state index contributed by atoms with van der Waals surface area (Å²) in [6, 6.07) is 0.369. The first-order valence-electron chi connectivity index (χ1n) is 6.30. The summed E-state index contributed by atoms with van der Waals surface area (Å²) < 4.78 is 1.93. The minimum absolute atomic E-state index is 0.0565. The molecule has 1 aromatic heterocycles. The Morgan fingerprint density at radius 2 is 2.35 bits per heavy atom. The van der Waals surface area contributed by atoms with E-state index < -0.39 is 0 Å². The zero-order valence-corrected chi connectivity index (χ0v) is 10.5. The van der Waals surface area contributed by atoms with E-state index in [0.717, 1.165) is 38.0 Å². The largest absolute Gasteiger partial charge is 0.302 e. The molecule has 5 heteroatoms. The maximum absolute atomic E-state index is 11.0. The molecule has 0 radical (unpaired) electrons. The lowest BCUT2D eigenvalue weighted by atomic mass is 10.0. The monoisotopic (exact) mass is 236 g/mol. The van der Waals surface area contributed by atoms with Gasteiger partial charge < -0.3 is 4.79 Å². The van der Waals surface area contributed by atoms with Gasteiger partial charge in [-0.25, -0.2) is 9.67 Å². The Balaban J connectivity index is 2.08. The molecule has 17 heavy (non-hydrogen) atoms. The number of hydrogen-bond acceptors (Lipinski definition) is 4. The van der Waals surface area contributed by atoms with Gasteiger partial charge in [0, 0.05) is 6.04 Å². The number of carbonyl (C=O) groups is 1. The van der Waals surface area contributed by atoms with Crippen molar-refractivity contribution in [3.8, 4) is 0 Å². The van der Waals surface area contributed by atoms with Crippen molar-refractivity contribution in [3.05, 3.63) is 12.2 Å². The third-order valence-electron chi connectivity index (χ3n) is 3.30. The highest BCUT2D eigenvalue weighted by molar-refractivity contribution is 5.57. The number of hydrogen-bond donors (Lipinski definition) is 0. The predicted molar refractivity (Wildman–Crippen MR) is 64.5 cm³/mol. The summed E-state index contributed by atoms with van der Waals surface area (Å²) in [5, 5.41) is 4.22. The third-order valence-corrected chi connectivity index (χ3v) is 3.30. The number of rotatable bonds is 4. The Kier molecular flexibility index (Phi) is 3.89. The number of nitrogens with zero attached hydrogens (tertiary/aromatic N) is 4. The summed E-state index contributed by atoms with van der Waals surface area (Å²) in [5.41, 5.74) is 0. The van der Waals surface area contributed by atoms with Gasteiger partial charge in [-0.1, -0.05) is 6.42 Å². The highest BCUT2D eigenvalue weighted by Crippen LogP contribution is 2.18. The van der Waals surface area contributed by atoms with Crippen molar-refractivity contribution in [2.24, 2.45) is 0 Å². The topological polar surface area (TPSA) is 51.0 Å². The van der Waals surface area contributed by atoms with Crippen molar-refractivity contribution in [2.75, 3.05) is 6.54 Å². The Morgan fingerprint density at radius 1 is 1.53 bits per heavy atom. The Morgan fingerprint density at radius 3 is 3.06 bits per heavy atom. The van der Waals surface area contributed by atoms with Crippen LogP contribution in [0.15, 0.2) is 6.33 Å². The van der Waals surface area contributed by atoms with Crippen LogP contribution >= 0.6 is 0 Å². The van der Waals surface area contributed by atoms with Gasteiger partial charge in [0.05, 0.1) is 12.6 Å². The number of carbonyl (C=O) groups excluding carboxylic acids is 1. The maximum Gasteiger partial charge on any atom is 0.141 e. The second-order valence-corrected chi connectivity index (χ2v) is 4.88. The summed E-state index contributed by atoms with van der Waals surface area (Å²) in [7, 11) is 0. The zero-order chi connectivity index (χ0) is 12.3. The smallest absolute Gasteiger partial charge is 0.141 e.